The zero-order valence-electron chi connectivity index (χ0n) is 14.5. The third-order valence-corrected chi connectivity index (χ3v) is 5.06. The fraction of sp³-hybridized carbons (Fsp3) is 0.556. The van der Waals surface area contributed by atoms with Crippen molar-refractivity contribution in [3.05, 3.63) is 23.8 Å². The Morgan fingerprint density at radius 2 is 2.20 bits per heavy atom. The van der Waals surface area contributed by atoms with Gasteiger partial charge in [0.15, 0.2) is 0 Å². The number of methoxy groups -OCH3 is 2. The number of carboxylic acid groups (broad SMARTS) is 1. The van der Waals surface area contributed by atoms with Crippen molar-refractivity contribution in [3.63, 3.8) is 0 Å². The summed E-state index contributed by atoms with van der Waals surface area (Å²) in [6.07, 6.45) is 0.964. The summed E-state index contributed by atoms with van der Waals surface area (Å²) in [6.45, 7) is 1.01. The maximum Gasteiger partial charge on any atom is 0.313 e. The molecular formula is C18H23NO6. The molecule has 1 fully saturated rings. The van der Waals surface area contributed by atoms with Crippen LogP contribution in [-0.4, -0.2) is 62.4 Å². The van der Waals surface area contributed by atoms with Gasteiger partial charge in [0.2, 0.25) is 5.91 Å². The van der Waals surface area contributed by atoms with Crippen LogP contribution in [0.3, 0.4) is 0 Å². The summed E-state index contributed by atoms with van der Waals surface area (Å²) in [7, 11) is 3.08. The van der Waals surface area contributed by atoms with Crippen LogP contribution in [0.1, 0.15) is 12.0 Å². The van der Waals surface area contributed by atoms with E-state index in [1.165, 1.54) is 7.11 Å². The first-order chi connectivity index (χ1) is 12.0. The van der Waals surface area contributed by atoms with E-state index in [9.17, 15) is 14.7 Å². The number of carbonyl (C=O) groups is 2. The summed E-state index contributed by atoms with van der Waals surface area (Å²) in [4.78, 5) is 26.1. The number of likely N-dealkylation sites (tertiary alicyclic amines) is 1. The number of rotatable bonds is 5. The van der Waals surface area contributed by atoms with E-state index < -0.39 is 11.4 Å². The van der Waals surface area contributed by atoms with Crippen LogP contribution < -0.4 is 9.47 Å². The van der Waals surface area contributed by atoms with Crippen molar-refractivity contribution in [1.82, 2.24) is 4.90 Å². The predicted molar refractivity (Wildman–Crippen MR) is 88.8 cm³/mol. The Balaban J connectivity index is 1.71. The molecule has 0 saturated carbocycles. The van der Waals surface area contributed by atoms with Gasteiger partial charge in [0, 0.05) is 20.2 Å². The van der Waals surface area contributed by atoms with Crippen molar-refractivity contribution in [3.8, 4) is 11.5 Å². The lowest BCUT2D eigenvalue weighted by Gasteiger charge is -2.29. The lowest BCUT2D eigenvalue weighted by molar-refractivity contribution is -0.152. The van der Waals surface area contributed by atoms with Gasteiger partial charge in [0.25, 0.3) is 0 Å². The Morgan fingerprint density at radius 3 is 2.88 bits per heavy atom. The van der Waals surface area contributed by atoms with E-state index in [2.05, 4.69) is 0 Å². The highest BCUT2D eigenvalue weighted by Crippen LogP contribution is 2.35. The third-order valence-electron chi connectivity index (χ3n) is 5.06. The van der Waals surface area contributed by atoms with Gasteiger partial charge in [-0.25, -0.2) is 0 Å². The number of carbonyl (C=O) groups excluding carboxylic acids is 1. The summed E-state index contributed by atoms with van der Waals surface area (Å²) in [6, 6.07) is 5.55. The van der Waals surface area contributed by atoms with Crippen molar-refractivity contribution in [1.29, 1.82) is 0 Å². The maximum absolute atomic E-state index is 12.9. The molecule has 2 aliphatic rings. The second kappa shape index (κ2) is 6.92. The number of benzene rings is 1. The van der Waals surface area contributed by atoms with E-state index in [1.807, 2.05) is 18.2 Å². The molecule has 1 aromatic carbocycles. The van der Waals surface area contributed by atoms with Crippen LogP contribution in [0.4, 0.5) is 0 Å². The maximum atomic E-state index is 12.9. The van der Waals surface area contributed by atoms with Crippen LogP contribution in [0.15, 0.2) is 18.2 Å². The highest BCUT2D eigenvalue weighted by Gasteiger charge is 2.47. The van der Waals surface area contributed by atoms with E-state index >= 15 is 0 Å². The monoisotopic (exact) mass is 349 g/mol. The van der Waals surface area contributed by atoms with Crippen LogP contribution in [0, 0.1) is 11.3 Å². The highest BCUT2D eigenvalue weighted by atomic mass is 16.5. The molecule has 1 saturated heterocycles. The zero-order chi connectivity index (χ0) is 18.0. The Kier molecular flexibility index (Phi) is 4.85. The summed E-state index contributed by atoms with van der Waals surface area (Å²) in [5.41, 5.74) is -0.0781. The molecule has 2 unspecified atom stereocenters. The Labute approximate surface area is 146 Å². The lowest BCUT2D eigenvalue weighted by Crippen LogP contribution is -2.43. The van der Waals surface area contributed by atoms with Crippen LogP contribution in [0.5, 0.6) is 11.5 Å². The molecule has 2 heterocycles. The Morgan fingerprint density at radius 1 is 1.40 bits per heavy atom. The molecule has 3 rings (SSSR count). The van der Waals surface area contributed by atoms with Crippen LogP contribution >= 0.6 is 0 Å². The number of nitrogens with zero attached hydrogens (tertiary/aromatic N) is 1. The van der Waals surface area contributed by atoms with E-state index in [0.717, 1.165) is 17.1 Å². The molecule has 7 nitrogen and oxygen atoms in total. The van der Waals surface area contributed by atoms with Gasteiger partial charge in [0.05, 0.1) is 19.6 Å². The van der Waals surface area contributed by atoms with Gasteiger partial charge in [-0.1, -0.05) is 0 Å². The molecule has 0 spiro atoms. The highest BCUT2D eigenvalue weighted by molar-refractivity contribution is 5.83. The number of amides is 1. The van der Waals surface area contributed by atoms with Gasteiger partial charge in [-0.2, -0.15) is 0 Å². The van der Waals surface area contributed by atoms with Gasteiger partial charge in [-0.15, -0.1) is 0 Å². The normalized spacial score (nSPS) is 25.2. The molecule has 0 aliphatic carbocycles. The minimum Gasteiger partial charge on any atom is -0.497 e. The molecule has 0 radical (unpaired) electrons. The third kappa shape index (κ3) is 3.28. The SMILES string of the molecule is COCC1(C(=O)O)CCN(C(=O)C2COc3ccc(OC)cc3C2)C1. The molecule has 2 atom stereocenters. The summed E-state index contributed by atoms with van der Waals surface area (Å²) >= 11 is 0. The molecule has 0 aromatic heterocycles. The first-order valence-corrected chi connectivity index (χ1v) is 8.30. The number of hydrogen-bond acceptors (Lipinski definition) is 5. The standard InChI is InChI=1S/C18H23NO6/c1-23-11-18(17(21)22)5-6-19(10-18)16(20)13-7-12-8-14(24-2)3-4-15(12)25-9-13/h3-4,8,13H,5-7,9-11H2,1-2H3,(H,21,22). The topological polar surface area (TPSA) is 85.3 Å². The number of hydrogen-bond donors (Lipinski definition) is 1. The largest absolute Gasteiger partial charge is 0.497 e. The summed E-state index contributed by atoms with van der Waals surface area (Å²) < 4.78 is 16.0. The molecule has 2 aliphatic heterocycles. The Bertz CT molecular complexity index is 676. The van der Waals surface area contributed by atoms with E-state index in [1.54, 1.807) is 12.0 Å². The minimum atomic E-state index is -1.01. The molecule has 136 valence electrons. The average molecular weight is 349 g/mol. The van der Waals surface area contributed by atoms with E-state index in [4.69, 9.17) is 14.2 Å². The number of aliphatic carboxylic acids is 1. The van der Waals surface area contributed by atoms with Crippen LogP contribution in [-0.2, 0) is 20.7 Å². The van der Waals surface area contributed by atoms with Crippen molar-refractivity contribution in [2.75, 3.05) is 40.5 Å². The van der Waals surface area contributed by atoms with Crippen molar-refractivity contribution in [2.24, 2.45) is 11.3 Å². The summed E-state index contributed by atoms with van der Waals surface area (Å²) in [5, 5.41) is 9.54. The smallest absolute Gasteiger partial charge is 0.313 e. The zero-order valence-corrected chi connectivity index (χ0v) is 14.5. The van der Waals surface area contributed by atoms with Crippen molar-refractivity contribution >= 4 is 11.9 Å². The van der Waals surface area contributed by atoms with Gasteiger partial charge >= 0.3 is 5.97 Å². The molecular weight excluding hydrogens is 326 g/mol. The fourth-order valence-electron chi connectivity index (χ4n) is 3.61. The molecule has 0 bridgehead atoms. The van der Waals surface area contributed by atoms with Gasteiger partial charge in [-0.05, 0) is 36.6 Å². The van der Waals surface area contributed by atoms with Gasteiger partial charge < -0.3 is 24.2 Å². The lowest BCUT2D eigenvalue weighted by atomic mass is 9.88. The van der Waals surface area contributed by atoms with E-state index in [0.29, 0.717) is 26.0 Å². The second-order valence-electron chi connectivity index (χ2n) is 6.71. The number of carboxylic acids is 1. The van der Waals surface area contributed by atoms with Crippen molar-refractivity contribution in [2.45, 2.75) is 12.8 Å². The van der Waals surface area contributed by atoms with E-state index in [-0.39, 0.29) is 25.0 Å². The fourth-order valence-corrected chi connectivity index (χ4v) is 3.61. The first-order valence-electron chi connectivity index (χ1n) is 8.30. The second-order valence-corrected chi connectivity index (χ2v) is 6.71. The van der Waals surface area contributed by atoms with Crippen LogP contribution in [0.2, 0.25) is 0 Å². The molecule has 25 heavy (non-hydrogen) atoms. The quantitative estimate of drug-likeness (QED) is 0.860. The molecule has 1 N–H and O–H groups in total. The number of fused-ring (bicyclic) bond motifs is 1. The summed E-state index contributed by atoms with van der Waals surface area (Å²) in [5.74, 6) is 0.200. The van der Waals surface area contributed by atoms with Crippen molar-refractivity contribution < 1.29 is 28.9 Å². The number of ether oxygens (including phenoxy) is 3. The predicted octanol–water partition coefficient (Wildman–Crippen LogP) is 1.20. The van der Waals surface area contributed by atoms with Crippen LogP contribution in [0.25, 0.3) is 0 Å². The Hall–Kier alpha value is -2.28. The molecule has 1 aromatic rings. The van der Waals surface area contributed by atoms with Gasteiger partial charge in [-0.3, -0.25) is 9.59 Å². The average Bonchev–Trinajstić information content (AvgIpc) is 3.06. The molecule has 1 amide bonds. The van der Waals surface area contributed by atoms with Gasteiger partial charge in [0.1, 0.15) is 23.5 Å². The first kappa shape index (κ1) is 17.5. The minimum absolute atomic E-state index is 0.0623. The molecule has 7 heteroatoms.